The van der Waals surface area contributed by atoms with Gasteiger partial charge in [-0.15, -0.1) is 0 Å². The average Bonchev–Trinajstić information content (AvgIpc) is 3.13. The third-order valence-electron chi connectivity index (χ3n) is 2.67. The second kappa shape index (κ2) is 5.30. The number of nitrogens with zero attached hydrogens (tertiary/aromatic N) is 3. The molecule has 0 saturated carbocycles. The molecule has 0 bridgehead atoms. The lowest BCUT2D eigenvalue weighted by Crippen LogP contribution is -1.77. The zero-order chi connectivity index (χ0) is 12.9. The summed E-state index contributed by atoms with van der Waals surface area (Å²) in [4.78, 5) is 6.96. The van der Waals surface area contributed by atoms with E-state index in [1.165, 1.54) is 6.39 Å². The van der Waals surface area contributed by atoms with Crippen LogP contribution in [-0.2, 0) is 6.54 Å². The largest absolute Gasteiger partial charge is 0.444 e. The molecule has 0 atom stereocenters. The molecule has 19 heavy (non-hydrogen) atoms. The summed E-state index contributed by atoms with van der Waals surface area (Å²) in [7, 11) is 0. The minimum Gasteiger partial charge on any atom is -0.444 e. The van der Waals surface area contributed by atoms with Crippen molar-refractivity contribution in [3.8, 4) is 11.3 Å². The maximum atomic E-state index is 5.22. The van der Waals surface area contributed by atoms with Crippen LogP contribution in [0.3, 0.4) is 0 Å². The number of rotatable bonds is 4. The van der Waals surface area contributed by atoms with Crippen molar-refractivity contribution in [2.75, 3.05) is 0 Å². The lowest BCUT2D eigenvalue weighted by Gasteiger charge is -1.96. The summed E-state index contributed by atoms with van der Waals surface area (Å²) < 4.78 is 5.22. The van der Waals surface area contributed by atoms with Crippen molar-refractivity contribution >= 4 is 5.69 Å². The fourth-order valence-electron chi connectivity index (χ4n) is 1.71. The molecule has 1 N–H and O–H groups in total. The van der Waals surface area contributed by atoms with E-state index in [1.54, 1.807) is 6.20 Å². The standard InChI is InChI=1S/C14H12N4O/c1-2-13(16-7-1)8-17-18-12-5-3-11(4-6-12)14-9-15-10-19-14/h1-7,9-10,16H,8H2. The van der Waals surface area contributed by atoms with Crippen molar-refractivity contribution in [2.45, 2.75) is 6.54 Å². The third-order valence-corrected chi connectivity index (χ3v) is 2.67. The first kappa shape index (κ1) is 11.4. The maximum Gasteiger partial charge on any atom is 0.181 e. The average molecular weight is 252 g/mol. The van der Waals surface area contributed by atoms with E-state index >= 15 is 0 Å². The highest BCUT2D eigenvalue weighted by Gasteiger charge is 2.00. The van der Waals surface area contributed by atoms with Gasteiger partial charge in [-0.3, -0.25) is 0 Å². The van der Waals surface area contributed by atoms with E-state index in [0.29, 0.717) is 6.54 Å². The second-order valence-corrected chi connectivity index (χ2v) is 4.01. The van der Waals surface area contributed by atoms with Crippen molar-refractivity contribution in [2.24, 2.45) is 10.2 Å². The molecule has 3 aromatic rings. The molecule has 0 spiro atoms. The van der Waals surface area contributed by atoms with Gasteiger partial charge >= 0.3 is 0 Å². The fraction of sp³-hybridized carbons (Fsp3) is 0.0714. The number of hydrogen-bond acceptors (Lipinski definition) is 4. The monoisotopic (exact) mass is 252 g/mol. The Morgan fingerprint density at radius 1 is 1.16 bits per heavy atom. The molecule has 0 saturated heterocycles. The van der Waals surface area contributed by atoms with Crippen LogP contribution in [0.2, 0.25) is 0 Å². The molecule has 5 nitrogen and oxygen atoms in total. The number of benzene rings is 1. The number of aromatic nitrogens is 2. The molecular formula is C14H12N4O. The van der Waals surface area contributed by atoms with Crippen LogP contribution in [0.4, 0.5) is 5.69 Å². The van der Waals surface area contributed by atoms with Crippen LogP contribution in [-0.4, -0.2) is 9.97 Å². The van der Waals surface area contributed by atoms with Crippen LogP contribution in [0.25, 0.3) is 11.3 Å². The quantitative estimate of drug-likeness (QED) is 0.714. The Bertz CT molecular complexity index is 639. The molecule has 3 rings (SSSR count). The molecule has 0 fully saturated rings. The molecule has 0 aliphatic heterocycles. The zero-order valence-corrected chi connectivity index (χ0v) is 10.2. The summed E-state index contributed by atoms with van der Waals surface area (Å²) in [6.07, 6.45) is 4.97. The van der Waals surface area contributed by atoms with Crippen molar-refractivity contribution in [1.82, 2.24) is 9.97 Å². The van der Waals surface area contributed by atoms with Gasteiger partial charge in [0.1, 0.15) is 6.54 Å². The van der Waals surface area contributed by atoms with E-state index < -0.39 is 0 Å². The van der Waals surface area contributed by atoms with E-state index in [4.69, 9.17) is 4.42 Å². The number of azo groups is 1. The molecule has 2 aromatic heterocycles. The van der Waals surface area contributed by atoms with Crippen LogP contribution < -0.4 is 0 Å². The molecule has 0 unspecified atom stereocenters. The number of aromatic amines is 1. The summed E-state index contributed by atoms with van der Waals surface area (Å²) in [6, 6.07) is 11.6. The molecule has 1 aromatic carbocycles. The molecular weight excluding hydrogens is 240 g/mol. The zero-order valence-electron chi connectivity index (χ0n) is 10.2. The number of hydrogen-bond donors (Lipinski definition) is 1. The SMILES string of the molecule is c1c[nH]c(CN=Nc2ccc(-c3cnco3)cc2)c1. The predicted molar refractivity (Wildman–Crippen MR) is 71.0 cm³/mol. The molecule has 0 aliphatic rings. The van der Waals surface area contributed by atoms with Crippen LogP contribution in [0.15, 0.2) is 69.8 Å². The van der Waals surface area contributed by atoms with Crippen molar-refractivity contribution in [3.63, 3.8) is 0 Å². The van der Waals surface area contributed by atoms with Crippen LogP contribution in [0, 0.1) is 0 Å². The molecule has 2 heterocycles. The first-order valence-electron chi connectivity index (χ1n) is 5.90. The van der Waals surface area contributed by atoms with E-state index in [2.05, 4.69) is 20.2 Å². The molecule has 94 valence electrons. The minimum absolute atomic E-state index is 0.552. The van der Waals surface area contributed by atoms with Gasteiger partial charge in [0.2, 0.25) is 0 Å². The highest BCUT2D eigenvalue weighted by Crippen LogP contribution is 2.22. The van der Waals surface area contributed by atoms with Gasteiger partial charge in [-0.2, -0.15) is 10.2 Å². The highest BCUT2D eigenvalue weighted by molar-refractivity contribution is 5.59. The Hall–Kier alpha value is -2.69. The summed E-state index contributed by atoms with van der Waals surface area (Å²) >= 11 is 0. The molecule has 0 radical (unpaired) electrons. The fourth-order valence-corrected chi connectivity index (χ4v) is 1.71. The van der Waals surface area contributed by atoms with Gasteiger partial charge in [0, 0.05) is 17.5 Å². The van der Waals surface area contributed by atoms with Crippen LogP contribution >= 0.6 is 0 Å². The Kier molecular flexibility index (Phi) is 3.18. The van der Waals surface area contributed by atoms with Gasteiger partial charge in [-0.1, -0.05) is 0 Å². The van der Waals surface area contributed by atoms with Gasteiger partial charge in [0.15, 0.2) is 12.2 Å². The van der Waals surface area contributed by atoms with Crippen LogP contribution in [0.5, 0.6) is 0 Å². The first-order valence-corrected chi connectivity index (χ1v) is 5.90. The van der Waals surface area contributed by atoms with E-state index in [-0.39, 0.29) is 0 Å². The number of oxazole rings is 1. The lowest BCUT2D eigenvalue weighted by atomic mass is 10.2. The molecule has 0 aliphatic carbocycles. The highest BCUT2D eigenvalue weighted by atomic mass is 16.3. The molecule has 5 heteroatoms. The van der Waals surface area contributed by atoms with Gasteiger partial charge < -0.3 is 9.40 Å². The lowest BCUT2D eigenvalue weighted by molar-refractivity contribution is 0.572. The predicted octanol–water partition coefficient (Wildman–Crippen LogP) is 3.95. The first-order chi connectivity index (χ1) is 9.42. The van der Waals surface area contributed by atoms with Gasteiger partial charge in [-0.05, 0) is 36.4 Å². The Morgan fingerprint density at radius 2 is 2.05 bits per heavy atom. The normalized spacial score (nSPS) is 11.2. The van der Waals surface area contributed by atoms with E-state index in [0.717, 1.165) is 22.7 Å². The Morgan fingerprint density at radius 3 is 2.74 bits per heavy atom. The number of H-pyrrole nitrogens is 1. The van der Waals surface area contributed by atoms with Gasteiger partial charge in [-0.25, -0.2) is 4.98 Å². The maximum absolute atomic E-state index is 5.22. The second-order valence-electron chi connectivity index (χ2n) is 4.01. The summed E-state index contributed by atoms with van der Waals surface area (Å²) in [5.41, 5.74) is 2.83. The van der Waals surface area contributed by atoms with Crippen molar-refractivity contribution < 1.29 is 4.42 Å². The number of nitrogens with one attached hydrogen (secondary N) is 1. The van der Waals surface area contributed by atoms with Crippen LogP contribution in [0.1, 0.15) is 5.69 Å². The Labute approximate surface area is 110 Å². The Balaban J connectivity index is 1.67. The molecule has 0 amide bonds. The van der Waals surface area contributed by atoms with Crippen molar-refractivity contribution in [1.29, 1.82) is 0 Å². The van der Waals surface area contributed by atoms with Gasteiger partial charge in [0.05, 0.1) is 11.9 Å². The summed E-state index contributed by atoms with van der Waals surface area (Å²) in [5, 5.41) is 8.30. The minimum atomic E-state index is 0.552. The van der Waals surface area contributed by atoms with Gasteiger partial charge in [0.25, 0.3) is 0 Å². The third kappa shape index (κ3) is 2.77. The summed E-state index contributed by atoms with van der Waals surface area (Å²) in [5.74, 6) is 0.745. The topological polar surface area (TPSA) is 66.5 Å². The smallest absolute Gasteiger partial charge is 0.181 e. The van der Waals surface area contributed by atoms with E-state index in [9.17, 15) is 0 Å². The van der Waals surface area contributed by atoms with E-state index in [1.807, 2.05) is 42.6 Å². The summed E-state index contributed by atoms with van der Waals surface area (Å²) in [6.45, 7) is 0.552. The van der Waals surface area contributed by atoms with Crippen molar-refractivity contribution in [3.05, 3.63) is 60.9 Å².